The molecule has 4 heteroatoms. The van der Waals surface area contributed by atoms with E-state index >= 15 is 0 Å². The first-order chi connectivity index (χ1) is 8.36. The summed E-state index contributed by atoms with van der Waals surface area (Å²) < 4.78 is 16.8. The van der Waals surface area contributed by atoms with E-state index in [1.165, 1.54) is 19.3 Å². The second-order valence-corrected chi connectivity index (χ2v) is 5.25. The third-order valence-electron chi connectivity index (χ3n) is 2.90. The molecular formula is C13H25BrO3. The van der Waals surface area contributed by atoms with Crippen LogP contribution in [0.4, 0.5) is 0 Å². The van der Waals surface area contributed by atoms with Gasteiger partial charge in [-0.1, -0.05) is 42.1 Å². The van der Waals surface area contributed by atoms with E-state index in [0.29, 0.717) is 25.9 Å². The molecule has 0 bridgehead atoms. The van der Waals surface area contributed by atoms with Gasteiger partial charge < -0.3 is 14.2 Å². The smallest absolute Gasteiger partial charge is 0.181 e. The van der Waals surface area contributed by atoms with E-state index in [0.717, 1.165) is 24.6 Å². The standard InChI is InChI=1S/C13H25BrO3/c1-2-6-12(7-4-3-5-8-14)17-13-11-15-9-10-16-13/h12-13H,2-11H2,1H3. The van der Waals surface area contributed by atoms with Crippen molar-refractivity contribution in [3.63, 3.8) is 0 Å². The Hall–Kier alpha value is 0.360. The van der Waals surface area contributed by atoms with Crippen LogP contribution in [0.2, 0.25) is 0 Å². The number of ether oxygens (including phenoxy) is 3. The Balaban J connectivity index is 2.16. The molecule has 0 N–H and O–H groups in total. The SMILES string of the molecule is CCCC(CCCCCBr)OC1COCCO1. The zero-order chi connectivity index (χ0) is 12.3. The molecule has 0 amide bonds. The maximum absolute atomic E-state index is 5.95. The molecule has 0 spiro atoms. The molecule has 1 fully saturated rings. The van der Waals surface area contributed by atoms with Gasteiger partial charge >= 0.3 is 0 Å². The Morgan fingerprint density at radius 2 is 2.12 bits per heavy atom. The van der Waals surface area contributed by atoms with Crippen LogP contribution in [0.3, 0.4) is 0 Å². The Bertz CT molecular complexity index is 172. The minimum Gasteiger partial charge on any atom is -0.374 e. The molecule has 17 heavy (non-hydrogen) atoms. The van der Waals surface area contributed by atoms with Gasteiger partial charge in [0, 0.05) is 5.33 Å². The fourth-order valence-electron chi connectivity index (χ4n) is 2.01. The normalized spacial score (nSPS) is 22.6. The van der Waals surface area contributed by atoms with E-state index in [4.69, 9.17) is 14.2 Å². The van der Waals surface area contributed by atoms with Crippen molar-refractivity contribution in [2.45, 2.75) is 57.8 Å². The average Bonchev–Trinajstić information content (AvgIpc) is 2.36. The molecule has 3 nitrogen and oxygen atoms in total. The van der Waals surface area contributed by atoms with Gasteiger partial charge in [-0.05, 0) is 19.3 Å². The molecule has 0 aliphatic carbocycles. The van der Waals surface area contributed by atoms with Gasteiger partial charge in [0.1, 0.15) is 0 Å². The molecule has 1 heterocycles. The van der Waals surface area contributed by atoms with Crippen LogP contribution >= 0.6 is 15.9 Å². The highest BCUT2D eigenvalue weighted by Crippen LogP contribution is 2.16. The van der Waals surface area contributed by atoms with Crippen molar-refractivity contribution in [2.24, 2.45) is 0 Å². The third-order valence-corrected chi connectivity index (χ3v) is 3.46. The maximum Gasteiger partial charge on any atom is 0.181 e. The van der Waals surface area contributed by atoms with E-state index in [1.807, 2.05) is 0 Å². The molecule has 1 rings (SSSR count). The van der Waals surface area contributed by atoms with Crippen LogP contribution in [-0.2, 0) is 14.2 Å². The number of hydrogen-bond donors (Lipinski definition) is 0. The van der Waals surface area contributed by atoms with Crippen molar-refractivity contribution in [1.29, 1.82) is 0 Å². The van der Waals surface area contributed by atoms with Crippen molar-refractivity contribution in [3.05, 3.63) is 0 Å². The molecule has 0 saturated carbocycles. The van der Waals surface area contributed by atoms with Gasteiger partial charge in [0.25, 0.3) is 0 Å². The molecule has 1 saturated heterocycles. The van der Waals surface area contributed by atoms with Crippen LogP contribution in [0.15, 0.2) is 0 Å². The number of unbranched alkanes of at least 4 members (excludes halogenated alkanes) is 2. The van der Waals surface area contributed by atoms with Crippen molar-refractivity contribution in [3.8, 4) is 0 Å². The lowest BCUT2D eigenvalue weighted by molar-refractivity contribution is -0.231. The second-order valence-electron chi connectivity index (χ2n) is 4.46. The summed E-state index contributed by atoms with van der Waals surface area (Å²) in [5.74, 6) is 0. The zero-order valence-corrected chi connectivity index (χ0v) is 12.4. The molecule has 2 atom stereocenters. The first kappa shape index (κ1) is 15.4. The first-order valence-electron chi connectivity index (χ1n) is 6.77. The monoisotopic (exact) mass is 308 g/mol. The highest BCUT2D eigenvalue weighted by atomic mass is 79.9. The second kappa shape index (κ2) is 10.3. The van der Waals surface area contributed by atoms with Crippen molar-refractivity contribution in [1.82, 2.24) is 0 Å². The Kier molecular flexibility index (Phi) is 9.34. The minimum atomic E-state index is -0.142. The van der Waals surface area contributed by atoms with Gasteiger partial charge in [0.15, 0.2) is 6.29 Å². The predicted octanol–water partition coefficient (Wildman–Crippen LogP) is 3.50. The summed E-state index contributed by atoms with van der Waals surface area (Å²) in [6, 6.07) is 0. The topological polar surface area (TPSA) is 27.7 Å². The van der Waals surface area contributed by atoms with Gasteiger partial charge in [-0.2, -0.15) is 0 Å². The maximum atomic E-state index is 5.95. The van der Waals surface area contributed by atoms with Crippen LogP contribution in [0.1, 0.15) is 45.4 Å². The van der Waals surface area contributed by atoms with Gasteiger partial charge in [0.05, 0.1) is 25.9 Å². The minimum absolute atomic E-state index is 0.142. The van der Waals surface area contributed by atoms with Crippen LogP contribution in [0.25, 0.3) is 0 Å². The van der Waals surface area contributed by atoms with E-state index in [2.05, 4.69) is 22.9 Å². The Labute approximate surface area is 113 Å². The fourth-order valence-corrected chi connectivity index (χ4v) is 2.40. The molecule has 0 radical (unpaired) electrons. The summed E-state index contributed by atoms with van der Waals surface area (Å²) in [6.07, 6.45) is 7.38. The highest BCUT2D eigenvalue weighted by molar-refractivity contribution is 9.09. The highest BCUT2D eigenvalue weighted by Gasteiger charge is 2.19. The molecule has 2 unspecified atom stereocenters. The van der Waals surface area contributed by atoms with Gasteiger partial charge in [-0.3, -0.25) is 0 Å². The molecule has 0 aromatic rings. The lowest BCUT2D eigenvalue weighted by Crippen LogP contribution is -2.34. The van der Waals surface area contributed by atoms with E-state index in [9.17, 15) is 0 Å². The third kappa shape index (κ3) is 7.39. The summed E-state index contributed by atoms with van der Waals surface area (Å²) in [5.41, 5.74) is 0. The van der Waals surface area contributed by atoms with Crippen molar-refractivity contribution >= 4 is 15.9 Å². The van der Waals surface area contributed by atoms with Crippen molar-refractivity contribution < 1.29 is 14.2 Å². The van der Waals surface area contributed by atoms with Crippen LogP contribution < -0.4 is 0 Å². The number of alkyl halides is 1. The average molecular weight is 309 g/mol. The summed E-state index contributed by atoms with van der Waals surface area (Å²) >= 11 is 3.46. The largest absolute Gasteiger partial charge is 0.374 e. The zero-order valence-electron chi connectivity index (χ0n) is 10.8. The Morgan fingerprint density at radius 3 is 2.76 bits per heavy atom. The molecule has 1 aliphatic rings. The summed E-state index contributed by atoms with van der Waals surface area (Å²) in [7, 11) is 0. The molecule has 0 aromatic heterocycles. The van der Waals surface area contributed by atoms with E-state index in [1.54, 1.807) is 0 Å². The van der Waals surface area contributed by atoms with E-state index in [-0.39, 0.29) is 6.29 Å². The number of halogens is 1. The van der Waals surface area contributed by atoms with Crippen LogP contribution in [-0.4, -0.2) is 37.5 Å². The van der Waals surface area contributed by atoms with Gasteiger partial charge in [0.2, 0.25) is 0 Å². The number of hydrogen-bond acceptors (Lipinski definition) is 3. The fraction of sp³-hybridized carbons (Fsp3) is 1.00. The summed E-state index contributed by atoms with van der Waals surface area (Å²) in [6.45, 7) is 4.14. The lowest BCUT2D eigenvalue weighted by Gasteiger charge is -2.27. The predicted molar refractivity (Wildman–Crippen MR) is 72.6 cm³/mol. The Morgan fingerprint density at radius 1 is 1.24 bits per heavy atom. The number of rotatable bonds is 9. The van der Waals surface area contributed by atoms with Crippen molar-refractivity contribution in [2.75, 3.05) is 25.2 Å². The summed E-state index contributed by atoms with van der Waals surface area (Å²) in [4.78, 5) is 0. The molecule has 1 aliphatic heterocycles. The molecular weight excluding hydrogens is 284 g/mol. The molecule has 0 aromatic carbocycles. The first-order valence-corrected chi connectivity index (χ1v) is 7.89. The van der Waals surface area contributed by atoms with Crippen LogP contribution in [0, 0.1) is 0 Å². The van der Waals surface area contributed by atoms with Gasteiger partial charge in [-0.15, -0.1) is 0 Å². The lowest BCUT2D eigenvalue weighted by atomic mass is 10.1. The van der Waals surface area contributed by atoms with Crippen LogP contribution in [0.5, 0.6) is 0 Å². The quantitative estimate of drug-likeness (QED) is 0.482. The van der Waals surface area contributed by atoms with Gasteiger partial charge in [-0.25, -0.2) is 0 Å². The molecule has 102 valence electrons. The van der Waals surface area contributed by atoms with E-state index < -0.39 is 0 Å². The summed E-state index contributed by atoms with van der Waals surface area (Å²) in [5, 5.41) is 1.10.